The zero-order valence-corrected chi connectivity index (χ0v) is 8.79. The fourth-order valence-corrected chi connectivity index (χ4v) is 1.29. The van der Waals surface area contributed by atoms with Crippen LogP contribution in [0.2, 0.25) is 0 Å². The van der Waals surface area contributed by atoms with Gasteiger partial charge < -0.3 is 5.73 Å². The summed E-state index contributed by atoms with van der Waals surface area (Å²) in [6.07, 6.45) is 2.24. The Morgan fingerprint density at radius 1 is 1.29 bits per heavy atom. The predicted molar refractivity (Wildman–Crippen MR) is 58.1 cm³/mol. The third kappa shape index (κ3) is 3.21. The molecule has 0 spiro atoms. The Balaban J connectivity index is 2.60. The Hall–Kier alpha value is -1.31. The van der Waals surface area contributed by atoms with Gasteiger partial charge in [-0.05, 0) is 36.5 Å². The molecule has 0 aliphatic heterocycles. The second-order valence-electron chi connectivity index (χ2n) is 3.99. The smallest absolute Gasteiger partial charge is 0.248 e. The lowest BCUT2D eigenvalue weighted by Gasteiger charge is -2.04. The van der Waals surface area contributed by atoms with E-state index in [0.29, 0.717) is 11.5 Å². The Morgan fingerprint density at radius 3 is 2.29 bits per heavy atom. The number of carbonyl (C=O) groups is 1. The summed E-state index contributed by atoms with van der Waals surface area (Å²) in [5.41, 5.74) is 7.00. The van der Waals surface area contributed by atoms with Crippen LogP contribution < -0.4 is 5.73 Å². The molecule has 2 N–H and O–H groups in total. The summed E-state index contributed by atoms with van der Waals surface area (Å²) < 4.78 is 0. The van der Waals surface area contributed by atoms with Gasteiger partial charge in [-0.25, -0.2) is 0 Å². The summed E-state index contributed by atoms with van der Waals surface area (Å²) in [7, 11) is 0. The average molecular weight is 191 g/mol. The highest BCUT2D eigenvalue weighted by Crippen LogP contribution is 2.10. The Bertz CT molecular complexity index is 301. The lowest BCUT2D eigenvalue weighted by molar-refractivity contribution is 0.100. The molecule has 0 saturated carbocycles. The van der Waals surface area contributed by atoms with Crippen LogP contribution in [0, 0.1) is 5.92 Å². The van der Waals surface area contributed by atoms with E-state index in [9.17, 15) is 4.79 Å². The average Bonchev–Trinajstić information content (AvgIpc) is 2.15. The van der Waals surface area contributed by atoms with E-state index in [4.69, 9.17) is 5.73 Å². The highest BCUT2D eigenvalue weighted by Gasteiger charge is 2.00. The molecule has 0 fully saturated rings. The van der Waals surface area contributed by atoms with Crippen LogP contribution in [-0.4, -0.2) is 5.91 Å². The fraction of sp³-hybridized carbons (Fsp3) is 0.417. The van der Waals surface area contributed by atoms with Gasteiger partial charge in [0.25, 0.3) is 0 Å². The number of hydrogen-bond donors (Lipinski definition) is 1. The van der Waals surface area contributed by atoms with Gasteiger partial charge in [0.2, 0.25) is 5.91 Å². The molecule has 0 radical (unpaired) electrons. The number of rotatable bonds is 4. The van der Waals surface area contributed by atoms with Crippen molar-refractivity contribution in [3.63, 3.8) is 0 Å². The first kappa shape index (κ1) is 10.8. The molecule has 1 amide bonds. The Morgan fingerprint density at radius 2 is 1.86 bits per heavy atom. The molecular weight excluding hydrogens is 174 g/mol. The summed E-state index contributed by atoms with van der Waals surface area (Å²) in [5, 5.41) is 0. The van der Waals surface area contributed by atoms with Crippen molar-refractivity contribution in [2.24, 2.45) is 11.7 Å². The van der Waals surface area contributed by atoms with Gasteiger partial charge in [0.15, 0.2) is 0 Å². The molecular formula is C12H17NO. The summed E-state index contributed by atoms with van der Waals surface area (Å²) in [6, 6.07) is 7.53. The van der Waals surface area contributed by atoms with Crippen LogP contribution in [-0.2, 0) is 6.42 Å². The van der Waals surface area contributed by atoms with Gasteiger partial charge in [0.05, 0.1) is 0 Å². The van der Waals surface area contributed by atoms with Gasteiger partial charge in [0.1, 0.15) is 0 Å². The van der Waals surface area contributed by atoms with Gasteiger partial charge in [-0.1, -0.05) is 26.0 Å². The summed E-state index contributed by atoms with van der Waals surface area (Å²) in [5.74, 6) is 0.353. The standard InChI is InChI=1S/C12H17NO/c1-9(2)3-4-10-5-7-11(8-6-10)12(13)14/h5-9H,3-4H2,1-2H3,(H2,13,14). The van der Waals surface area contributed by atoms with Crippen molar-refractivity contribution in [3.05, 3.63) is 35.4 Å². The first-order valence-corrected chi connectivity index (χ1v) is 4.98. The molecule has 0 aliphatic rings. The van der Waals surface area contributed by atoms with E-state index in [2.05, 4.69) is 13.8 Å². The lowest BCUT2D eigenvalue weighted by atomic mass is 10.0. The van der Waals surface area contributed by atoms with Gasteiger partial charge in [-0.15, -0.1) is 0 Å². The Labute approximate surface area is 85.1 Å². The van der Waals surface area contributed by atoms with Crippen LogP contribution in [0.25, 0.3) is 0 Å². The number of aryl methyl sites for hydroxylation is 1. The highest BCUT2D eigenvalue weighted by molar-refractivity contribution is 5.92. The van der Waals surface area contributed by atoms with Gasteiger partial charge in [-0.2, -0.15) is 0 Å². The van der Waals surface area contributed by atoms with E-state index in [1.165, 1.54) is 12.0 Å². The second kappa shape index (κ2) is 4.80. The molecule has 0 heterocycles. The largest absolute Gasteiger partial charge is 0.366 e. The number of hydrogen-bond acceptors (Lipinski definition) is 1. The van der Waals surface area contributed by atoms with E-state index in [0.717, 1.165) is 6.42 Å². The van der Waals surface area contributed by atoms with Gasteiger partial charge in [0, 0.05) is 5.56 Å². The van der Waals surface area contributed by atoms with Crippen LogP contribution in [0.4, 0.5) is 0 Å². The zero-order valence-electron chi connectivity index (χ0n) is 8.79. The topological polar surface area (TPSA) is 43.1 Å². The first-order chi connectivity index (χ1) is 6.59. The molecule has 0 unspecified atom stereocenters. The molecule has 2 nitrogen and oxygen atoms in total. The van der Waals surface area contributed by atoms with Crippen molar-refractivity contribution >= 4 is 5.91 Å². The third-order valence-electron chi connectivity index (χ3n) is 2.25. The molecule has 0 bridgehead atoms. The molecule has 14 heavy (non-hydrogen) atoms. The molecule has 1 aromatic carbocycles. The quantitative estimate of drug-likeness (QED) is 0.780. The molecule has 0 atom stereocenters. The maximum atomic E-state index is 10.8. The highest BCUT2D eigenvalue weighted by atomic mass is 16.1. The van der Waals surface area contributed by atoms with Crippen molar-refractivity contribution in [3.8, 4) is 0 Å². The van der Waals surface area contributed by atoms with Gasteiger partial charge in [-0.3, -0.25) is 4.79 Å². The first-order valence-electron chi connectivity index (χ1n) is 4.98. The van der Waals surface area contributed by atoms with Crippen molar-refractivity contribution in [2.45, 2.75) is 26.7 Å². The normalized spacial score (nSPS) is 10.5. The number of primary amides is 1. The van der Waals surface area contributed by atoms with E-state index in [-0.39, 0.29) is 5.91 Å². The number of nitrogens with two attached hydrogens (primary N) is 1. The molecule has 0 saturated heterocycles. The number of amides is 1. The molecule has 1 rings (SSSR count). The van der Waals surface area contributed by atoms with E-state index >= 15 is 0 Å². The predicted octanol–water partition coefficient (Wildman–Crippen LogP) is 2.37. The van der Waals surface area contributed by atoms with Crippen LogP contribution >= 0.6 is 0 Å². The number of benzene rings is 1. The SMILES string of the molecule is CC(C)CCc1ccc(C(N)=O)cc1. The molecule has 0 aromatic heterocycles. The summed E-state index contributed by atoms with van der Waals surface area (Å²) in [4.78, 5) is 10.8. The Kier molecular flexibility index (Phi) is 3.69. The maximum Gasteiger partial charge on any atom is 0.248 e. The maximum absolute atomic E-state index is 10.8. The van der Waals surface area contributed by atoms with Crippen LogP contribution in [0.15, 0.2) is 24.3 Å². The van der Waals surface area contributed by atoms with E-state index in [1.54, 1.807) is 12.1 Å². The minimum absolute atomic E-state index is 0.361. The zero-order chi connectivity index (χ0) is 10.6. The molecule has 76 valence electrons. The molecule has 0 aliphatic carbocycles. The second-order valence-corrected chi connectivity index (χ2v) is 3.99. The van der Waals surface area contributed by atoms with Crippen molar-refractivity contribution in [1.82, 2.24) is 0 Å². The fourth-order valence-electron chi connectivity index (χ4n) is 1.29. The van der Waals surface area contributed by atoms with Crippen molar-refractivity contribution in [2.75, 3.05) is 0 Å². The summed E-state index contributed by atoms with van der Waals surface area (Å²) >= 11 is 0. The number of carbonyl (C=O) groups excluding carboxylic acids is 1. The molecule has 1 aromatic rings. The monoisotopic (exact) mass is 191 g/mol. The minimum Gasteiger partial charge on any atom is -0.366 e. The summed E-state index contributed by atoms with van der Waals surface area (Å²) in [6.45, 7) is 4.41. The third-order valence-corrected chi connectivity index (χ3v) is 2.25. The van der Waals surface area contributed by atoms with Crippen LogP contribution in [0.1, 0.15) is 36.2 Å². The van der Waals surface area contributed by atoms with Crippen molar-refractivity contribution in [1.29, 1.82) is 0 Å². The van der Waals surface area contributed by atoms with Crippen molar-refractivity contribution < 1.29 is 4.79 Å². The molecule has 2 heteroatoms. The van der Waals surface area contributed by atoms with E-state index < -0.39 is 0 Å². The van der Waals surface area contributed by atoms with Crippen LogP contribution in [0.3, 0.4) is 0 Å². The minimum atomic E-state index is -0.361. The lowest BCUT2D eigenvalue weighted by Crippen LogP contribution is -2.10. The van der Waals surface area contributed by atoms with Gasteiger partial charge >= 0.3 is 0 Å². The van der Waals surface area contributed by atoms with E-state index in [1.807, 2.05) is 12.1 Å². The van der Waals surface area contributed by atoms with Crippen LogP contribution in [0.5, 0.6) is 0 Å².